The van der Waals surface area contributed by atoms with Crippen molar-refractivity contribution in [2.24, 2.45) is 0 Å². The first-order chi connectivity index (χ1) is 9.28. The van der Waals surface area contributed by atoms with Crippen LogP contribution in [-0.2, 0) is 4.74 Å². The zero-order valence-corrected chi connectivity index (χ0v) is 11.7. The number of hydrogen-bond acceptors (Lipinski definition) is 5. The van der Waals surface area contributed by atoms with Gasteiger partial charge in [0.1, 0.15) is 0 Å². The van der Waals surface area contributed by atoms with Crippen LogP contribution >= 0.6 is 0 Å². The van der Waals surface area contributed by atoms with Gasteiger partial charge < -0.3 is 24.3 Å². The van der Waals surface area contributed by atoms with Crippen molar-refractivity contribution in [1.29, 1.82) is 0 Å². The fourth-order valence-electron chi connectivity index (χ4n) is 2.24. The standard InChI is InChI=1S/C14H21NO4/c1-16-12-8-11(9-13(17-2)14(12)18-3)15-10-4-6-19-7-5-10/h8-10,15H,4-7H2,1-3H3. The van der Waals surface area contributed by atoms with Crippen molar-refractivity contribution in [3.05, 3.63) is 12.1 Å². The molecule has 0 saturated carbocycles. The third-order valence-corrected chi connectivity index (χ3v) is 3.26. The van der Waals surface area contributed by atoms with E-state index in [0.717, 1.165) is 31.7 Å². The summed E-state index contributed by atoms with van der Waals surface area (Å²) in [6, 6.07) is 4.28. The van der Waals surface area contributed by atoms with Gasteiger partial charge in [-0.2, -0.15) is 0 Å². The molecule has 2 rings (SSSR count). The lowest BCUT2D eigenvalue weighted by molar-refractivity contribution is 0.0904. The molecule has 0 radical (unpaired) electrons. The highest BCUT2D eigenvalue weighted by atomic mass is 16.5. The first-order valence-corrected chi connectivity index (χ1v) is 6.42. The van der Waals surface area contributed by atoms with E-state index in [1.807, 2.05) is 12.1 Å². The summed E-state index contributed by atoms with van der Waals surface area (Å²) in [5, 5.41) is 3.49. The lowest BCUT2D eigenvalue weighted by Gasteiger charge is -2.25. The number of methoxy groups -OCH3 is 3. The molecule has 0 unspecified atom stereocenters. The van der Waals surface area contributed by atoms with Gasteiger partial charge in [-0.15, -0.1) is 0 Å². The van der Waals surface area contributed by atoms with Crippen LogP contribution in [0.1, 0.15) is 12.8 Å². The van der Waals surface area contributed by atoms with Crippen LogP contribution in [-0.4, -0.2) is 40.6 Å². The van der Waals surface area contributed by atoms with E-state index < -0.39 is 0 Å². The Hall–Kier alpha value is -1.62. The number of anilines is 1. The molecule has 1 aliphatic rings. The highest BCUT2D eigenvalue weighted by molar-refractivity contribution is 5.62. The molecule has 0 aliphatic carbocycles. The second-order valence-corrected chi connectivity index (χ2v) is 4.44. The Labute approximate surface area is 113 Å². The van der Waals surface area contributed by atoms with Crippen LogP contribution in [0.3, 0.4) is 0 Å². The van der Waals surface area contributed by atoms with Crippen molar-refractivity contribution in [1.82, 2.24) is 0 Å². The van der Waals surface area contributed by atoms with Crippen molar-refractivity contribution in [2.45, 2.75) is 18.9 Å². The van der Waals surface area contributed by atoms with Crippen LogP contribution in [0.15, 0.2) is 12.1 Å². The van der Waals surface area contributed by atoms with Crippen LogP contribution in [0.2, 0.25) is 0 Å². The molecular formula is C14H21NO4. The predicted molar refractivity (Wildman–Crippen MR) is 73.6 cm³/mol. The van der Waals surface area contributed by atoms with E-state index in [2.05, 4.69) is 5.32 Å². The molecular weight excluding hydrogens is 246 g/mol. The van der Waals surface area contributed by atoms with Crippen molar-refractivity contribution >= 4 is 5.69 Å². The molecule has 1 heterocycles. The maximum Gasteiger partial charge on any atom is 0.203 e. The van der Waals surface area contributed by atoms with Crippen LogP contribution < -0.4 is 19.5 Å². The molecule has 0 bridgehead atoms. The van der Waals surface area contributed by atoms with Gasteiger partial charge >= 0.3 is 0 Å². The average molecular weight is 267 g/mol. The maximum absolute atomic E-state index is 5.35. The van der Waals surface area contributed by atoms with Crippen molar-refractivity contribution < 1.29 is 18.9 Å². The predicted octanol–water partition coefficient (Wildman–Crippen LogP) is 2.30. The van der Waals surface area contributed by atoms with Gasteiger partial charge in [0.25, 0.3) is 0 Å². The lowest BCUT2D eigenvalue weighted by atomic mass is 10.1. The summed E-state index contributed by atoms with van der Waals surface area (Å²) in [4.78, 5) is 0. The molecule has 0 amide bonds. The van der Waals surface area contributed by atoms with Gasteiger partial charge in [-0.25, -0.2) is 0 Å². The molecule has 0 spiro atoms. The van der Waals surface area contributed by atoms with E-state index in [1.54, 1.807) is 21.3 Å². The van der Waals surface area contributed by atoms with Gasteiger partial charge in [0, 0.05) is 37.1 Å². The summed E-state index contributed by atoms with van der Waals surface area (Å²) < 4.78 is 21.3. The zero-order valence-electron chi connectivity index (χ0n) is 11.7. The van der Waals surface area contributed by atoms with Crippen molar-refractivity contribution in [3.63, 3.8) is 0 Å². The third kappa shape index (κ3) is 3.23. The van der Waals surface area contributed by atoms with Crippen LogP contribution in [0, 0.1) is 0 Å². The Morgan fingerprint density at radius 3 is 2.05 bits per heavy atom. The molecule has 5 nitrogen and oxygen atoms in total. The van der Waals surface area contributed by atoms with Crippen LogP contribution in [0.25, 0.3) is 0 Å². The van der Waals surface area contributed by atoms with E-state index in [-0.39, 0.29) is 0 Å². The number of benzene rings is 1. The van der Waals surface area contributed by atoms with Gasteiger partial charge in [0.15, 0.2) is 11.5 Å². The number of hydrogen-bond donors (Lipinski definition) is 1. The second kappa shape index (κ2) is 6.52. The molecule has 1 saturated heterocycles. The Balaban J connectivity index is 2.20. The van der Waals surface area contributed by atoms with E-state index in [0.29, 0.717) is 23.3 Å². The normalized spacial score (nSPS) is 15.9. The van der Waals surface area contributed by atoms with Gasteiger partial charge in [0.2, 0.25) is 5.75 Å². The first kappa shape index (κ1) is 13.8. The third-order valence-electron chi connectivity index (χ3n) is 3.26. The van der Waals surface area contributed by atoms with Gasteiger partial charge in [-0.3, -0.25) is 0 Å². The highest BCUT2D eigenvalue weighted by Crippen LogP contribution is 2.40. The summed E-state index contributed by atoms with van der Waals surface area (Å²) in [6.45, 7) is 1.62. The van der Waals surface area contributed by atoms with E-state index in [9.17, 15) is 0 Å². The number of rotatable bonds is 5. The van der Waals surface area contributed by atoms with Crippen molar-refractivity contribution in [3.8, 4) is 17.2 Å². The molecule has 1 aromatic carbocycles. The highest BCUT2D eigenvalue weighted by Gasteiger charge is 2.17. The summed E-state index contributed by atoms with van der Waals surface area (Å²) in [5.41, 5.74) is 0.974. The number of nitrogens with one attached hydrogen (secondary N) is 1. The fourth-order valence-corrected chi connectivity index (χ4v) is 2.24. The Kier molecular flexibility index (Phi) is 4.74. The lowest BCUT2D eigenvalue weighted by Crippen LogP contribution is -2.27. The van der Waals surface area contributed by atoms with Gasteiger partial charge in [-0.1, -0.05) is 0 Å². The summed E-state index contributed by atoms with van der Waals surface area (Å²) >= 11 is 0. The maximum atomic E-state index is 5.35. The average Bonchev–Trinajstić information content (AvgIpc) is 2.47. The van der Waals surface area contributed by atoms with E-state index in [1.165, 1.54) is 0 Å². The van der Waals surface area contributed by atoms with Gasteiger partial charge in [0.05, 0.1) is 21.3 Å². The van der Waals surface area contributed by atoms with Crippen molar-refractivity contribution in [2.75, 3.05) is 39.9 Å². The minimum atomic E-state index is 0.427. The fraction of sp³-hybridized carbons (Fsp3) is 0.571. The first-order valence-electron chi connectivity index (χ1n) is 6.42. The smallest absolute Gasteiger partial charge is 0.203 e. The minimum absolute atomic E-state index is 0.427. The molecule has 5 heteroatoms. The second-order valence-electron chi connectivity index (χ2n) is 4.44. The Bertz CT molecular complexity index is 391. The van der Waals surface area contributed by atoms with Gasteiger partial charge in [-0.05, 0) is 12.8 Å². The zero-order chi connectivity index (χ0) is 13.7. The van der Waals surface area contributed by atoms with Crippen LogP contribution in [0.5, 0.6) is 17.2 Å². The molecule has 19 heavy (non-hydrogen) atoms. The summed E-state index contributed by atoms with van der Waals surface area (Å²) in [5.74, 6) is 1.94. The number of ether oxygens (including phenoxy) is 4. The van der Waals surface area contributed by atoms with Crippen LogP contribution in [0.4, 0.5) is 5.69 Å². The van der Waals surface area contributed by atoms with E-state index in [4.69, 9.17) is 18.9 Å². The Morgan fingerprint density at radius 2 is 1.58 bits per heavy atom. The molecule has 1 fully saturated rings. The largest absolute Gasteiger partial charge is 0.493 e. The van der Waals surface area contributed by atoms with E-state index >= 15 is 0 Å². The molecule has 1 aromatic rings. The monoisotopic (exact) mass is 267 g/mol. The minimum Gasteiger partial charge on any atom is -0.493 e. The Morgan fingerprint density at radius 1 is 1.00 bits per heavy atom. The summed E-state index contributed by atoms with van der Waals surface area (Å²) in [6.07, 6.45) is 2.02. The molecule has 0 atom stereocenters. The topological polar surface area (TPSA) is 49.0 Å². The molecule has 0 aromatic heterocycles. The SMILES string of the molecule is COc1cc(NC2CCOCC2)cc(OC)c1OC. The molecule has 106 valence electrons. The summed E-state index contributed by atoms with van der Waals surface area (Å²) in [7, 11) is 4.84. The molecule has 1 N–H and O–H groups in total. The quantitative estimate of drug-likeness (QED) is 0.887. The molecule has 1 aliphatic heterocycles.